The van der Waals surface area contributed by atoms with Gasteiger partial charge in [0.1, 0.15) is 11.1 Å². The van der Waals surface area contributed by atoms with Crippen molar-refractivity contribution in [3.63, 3.8) is 0 Å². The maximum Gasteiger partial charge on any atom is 0.323 e. The molecule has 0 saturated carbocycles. The fourth-order valence-corrected chi connectivity index (χ4v) is 2.78. The lowest BCUT2D eigenvalue weighted by molar-refractivity contribution is -0.607. The Morgan fingerprint density at radius 1 is 1.50 bits per heavy atom. The van der Waals surface area contributed by atoms with Gasteiger partial charge < -0.3 is 9.94 Å². The number of ether oxygens (including phenoxy) is 1. The first-order valence-electron chi connectivity index (χ1n) is 6.18. The molecule has 20 heavy (non-hydrogen) atoms. The third-order valence-electron chi connectivity index (χ3n) is 2.92. The second-order valence-corrected chi connectivity index (χ2v) is 5.32. The van der Waals surface area contributed by atoms with Crippen LogP contribution in [0.15, 0.2) is 24.4 Å². The third-order valence-corrected chi connectivity index (χ3v) is 3.85. The SMILES string of the molecule is O=C(Nc1nnc(C2CCCO2)s1)c1cccc[n+]1[O-]. The molecule has 7 nitrogen and oxygen atoms in total. The fraction of sp³-hybridized carbons (Fsp3) is 0.333. The number of pyridine rings is 1. The Hall–Kier alpha value is -2.06. The molecule has 0 aliphatic carbocycles. The Kier molecular flexibility index (Phi) is 3.57. The summed E-state index contributed by atoms with van der Waals surface area (Å²) in [4.78, 5) is 11.9. The zero-order valence-electron chi connectivity index (χ0n) is 10.5. The van der Waals surface area contributed by atoms with E-state index in [0.717, 1.165) is 24.5 Å². The van der Waals surface area contributed by atoms with Crippen molar-refractivity contribution in [2.75, 3.05) is 11.9 Å². The first-order chi connectivity index (χ1) is 9.74. The number of carbonyl (C=O) groups is 1. The second-order valence-electron chi connectivity index (χ2n) is 4.31. The van der Waals surface area contributed by atoms with Crippen LogP contribution in [-0.4, -0.2) is 22.7 Å². The van der Waals surface area contributed by atoms with E-state index < -0.39 is 5.91 Å². The molecular formula is C12H12N4O3S. The molecule has 1 aliphatic rings. The molecule has 3 heterocycles. The number of anilines is 1. The van der Waals surface area contributed by atoms with Gasteiger partial charge in [0.2, 0.25) is 5.13 Å². The molecule has 1 fully saturated rings. The van der Waals surface area contributed by atoms with Gasteiger partial charge in [0, 0.05) is 18.7 Å². The molecular weight excluding hydrogens is 280 g/mol. The van der Waals surface area contributed by atoms with Crippen molar-refractivity contribution >= 4 is 22.4 Å². The lowest BCUT2D eigenvalue weighted by Crippen LogP contribution is -2.36. The van der Waals surface area contributed by atoms with Gasteiger partial charge in [-0.3, -0.25) is 10.1 Å². The fourth-order valence-electron chi connectivity index (χ4n) is 1.95. The second kappa shape index (κ2) is 5.51. The minimum absolute atomic E-state index is 0.0152. The first-order valence-corrected chi connectivity index (χ1v) is 7.00. The maximum absolute atomic E-state index is 11.9. The summed E-state index contributed by atoms with van der Waals surface area (Å²) in [6.07, 6.45) is 3.17. The third kappa shape index (κ3) is 2.61. The van der Waals surface area contributed by atoms with E-state index in [1.807, 2.05) is 0 Å². The van der Waals surface area contributed by atoms with E-state index in [9.17, 15) is 10.0 Å². The van der Waals surface area contributed by atoms with E-state index in [2.05, 4.69) is 15.5 Å². The van der Waals surface area contributed by atoms with Crippen LogP contribution >= 0.6 is 11.3 Å². The largest absolute Gasteiger partial charge is 0.618 e. The van der Waals surface area contributed by atoms with Gasteiger partial charge in [0.15, 0.2) is 6.20 Å². The van der Waals surface area contributed by atoms with Crippen LogP contribution in [0.1, 0.15) is 34.4 Å². The molecule has 8 heteroatoms. The molecule has 0 spiro atoms. The van der Waals surface area contributed by atoms with E-state index in [1.165, 1.54) is 23.6 Å². The Labute approximate surface area is 118 Å². The molecule has 1 N–H and O–H groups in total. The minimum Gasteiger partial charge on any atom is -0.618 e. The summed E-state index contributed by atoms with van der Waals surface area (Å²) in [5.41, 5.74) is 0.0152. The Balaban J connectivity index is 1.72. The summed E-state index contributed by atoms with van der Waals surface area (Å²) in [5, 5.41) is 23.1. The quantitative estimate of drug-likeness (QED) is 0.679. The van der Waals surface area contributed by atoms with E-state index in [0.29, 0.717) is 9.86 Å². The molecule has 0 bridgehead atoms. The summed E-state index contributed by atoms with van der Waals surface area (Å²) >= 11 is 1.27. The van der Waals surface area contributed by atoms with Gasteiger partial charge in [0.05, 0.1) is 0 Å². The van der Waals surface area contributed by atoms with Crippen molar-refractivity contribution < 1.29 is 14.3 Å². The van der Waals surface area contributed by atoms with Gasteiger partial charge in [-0.05, 0) is 18.9 Å². The molecule has 2 aromatic heterocycles. The van der Waals surface area contributed by atoms with Gasteiger partial charge in [-0.1, -0.05) is 11.3 Å². The molecule has 0 radical (unpaired) electrons. The average molecular weight is 292 g/mol. The number of nitrogens with zero attached hydrogens (tertiary/aromatic N) is 3. The Morgan fingerprint density at radius 3 is 3.15 bits per heavy atom. The van der Waals surface area contributed by atoms with Crippen LogP contribution in [0.3, 0.4) is 0 Å². The van der Waals surface area contributed by atoms with Gasteiger partial charge in [-0.25, -0.2) is 0 Å². The maximum atomic E-state index is 11.9. The van der Waals surface area contributed by atoms with Crippen LogP contribution in [0.4, 0.5) is 5.13 Å². The number of rotatable bonds is 3. The molecule has 104 valence electrons. The monoisotopic (exact) mass is 292 g/mol. The number of amides is 1. The van der Waals surface area contributed by atoms with Crippen LogP contribution in [0, 0.1) is 5.21 Å². The number of hydrogen-bond donors (Lipinski definition) is 1. The van der Waals surface area contributed by atoms with Crippen LogP contribution in [0.2, 0.25) is 0 Å². The van der Waals surface area contributed by atoms with Gasteiger partial charge >= 0.3 is 5.91 Å². The van der Waals surface area contributed by atoms with E-state index in [4.69, 9.17) is 4.74 Å². The van der Waals surface area contributed by atoms with E-state index in [-0.39, 0.29) is 11.8 Å². The first kappa shape index (κ1) is 12.9. The van der Waals surface area contributed by atoms with E-state index >= 15 is 0 Å². The Bertz CT molecular complexity index is 625. The molecule has 1 unspecified atom stereocenters. The highest BCUT2D eigenvalue weighted by molar-refractivity contribution is 7.15. The molecule has 0 aromatic carbocycles. The highest BCUT2D eigenvalue weighted by Crippen LogP contribution is 2.31. The van der Waals surface area contributed by atoms with Gasteiger partial charge in [0.25, 0.3) is 5.69 Å². The molecule has 1 atom stereocenters. The summed E-state index contributed by atoms with van der Waals surface area (Å²) < 4.78 is 6.01. The van der Waals surface area contributed by atoms with Crippen molar-refractivity contribution in [3.05, 3.63) is 40.3 Å². The predicted molar refractivity (Wildman–Crippen MR) is 71.2 cm³/mol. The zero-order chi connectivity index (χ0) is 13.9. The summed E-state index contributed by atoms with van der Waals surface area (Å²) in [7, 11) is 0. The highest BCUT2D eigenvalue weighted by Gasteiger charge is 2.23. The molecule has 3 rings (SSSR count). The average Bonchev–Trinajstić information content (AvgIpc) is 3.09. The van der Waals surface area contributed by atoms with Crippen LogP contribution in [0.5, 0.6) is 0 Å². The normalized spacial score (nSPS) is 18.1. The highest BCUT2D eigenvalue weighted by atomic mass is 32.1. The molecule has 1 saturated heterocycles. The lowest BCUT2D eigenvalue weighted by atomic mass is 10.2. The minimum atomic E-state index is -0.504. The van der Waals surface area contributed by atoms with Crippen molar-refractivity contribution in [1.29, 1.82) is 0 Å². The van der Waals surface area contributed by atoms with Crippen LogP contribution < -0.4 is 10.0 Å². The molecule has 2 aromatic rings. The number of aromatic nitrogens is 3. The Morgan fingerprint density at radius 2 is 2.40 bits per heavy atom. The predicted octanol–water partition coefficient (Wildman–Crippen LogP) is 1.28. The summed E-state index contributed by atoms with van der Waals surface area (Å²) in [6.45, 7) is 0.728. The number of hydrogen-bond acceptors (Lipinski definition) is 6. The van der Waals surface area contributed by atoms with Crippen LogP contribution in [-0.2, 0) is 4.74 Å². The van der Waals surface area contributed by atoms with Crippen molar-refractivity contribution in [1.82, 2.24) is 10.2 Å². The smallest absolute Gasteiger partial charge is 0.323 e. The van der Waals surface area contributed by atoms with Gasteiger partial charge in [-0.2, -0.15) is 4.73 Å². The summed E-state index contributed by atoms with van der Waals surface area (Å²) in [5.74, 6) is -0.504. The summed E-state index contributed by atoms with van der Waals surface area (Å²) in [6, 6.07) is 4.63. The van der Waals surface area contributed by atoms with Crippen LogP contribution in [0.25, 0.3) is 0 Å². The lowest BCUT2D eigenvalue weighted by Gasteiger charge is -2.03. The van der Waals surface area contributed by atoms with Crippen molar-refractivity contribution in [2.24, 2.45) is 0 Å². The molecule has 1 amide bonds. The van der Waals surface area contributed by atoms with Gasteiger partial charge in [-0.15, -0.1) is 10.2 Å². The molecule has 1 aliphatic heterocycles. The zero-order valence-corrected chi connectivity index (χ0v) is 11.3. The van der Waals surface area contributed by atoms with Crippen molar-refractivity contribution in [3.8, 4) is 0 Å². The van der Waals surface area contributed by atoms with Crippen molar-refractivity contribution in [2.45, 2.75) is 18.9 Å². The van der Waals surface area contributed by atoms with E-state index in [1.54, 1.807) is 12.1 Å². The topological polar surface area (TPSA) is 91.0 Å². The standard InChI is InChI=1S/C12H12N4O3S/c17-10(8-4-1-2-6-16(8)18)13-12-15-14-11(20-12)9-5-3-7-19-9/h1-2,4,6,9H,3,5,7H2,(H,13,15,17). The number of carbonyl (C=O) groups excluding carboxylic acids is 1. The number of nitrogens with one attached hydrogen (secondary N) is 1.